The van der Waals surface area contributed by atoms with E-state index in [4.69, 9.17) is 0 Å². The first kappa shape index (κ1) is 19.4. The number of hydrogen-bond donors (Lipinski definition) is 1. The number of thiazole rings is 1. The summed E-state index contributed by atoms with van der Waals surface area (Å²) >= 11 is 1.35. The number of carbonyl (C=O) groups excluding carboxylic acids is 4. The monoisotopic (exact) mass is 393 g/mol. The first-order chi connectivity index (χ1) is 13.0. The standard InChI is InChI=1S/C17H23N5O4S/c1-2-3-8-21-14(24)15(25)22(17(21)26)11-20-7-4-5-12(10-20)13(23)19-16-18-6-9-27-16/h6,9,12H,2-5,7-8,10-11H2,1H3,(H,18,19,23). The lowest BCUT2D eigenvalue weighted by molar-refractivity contribution is -0.144. The average Bonchev–Trinajstić information content (AvgIpc) is 3.24. The van der Waals surface area contributed by atoms with Crippen LogP contribution in [0.4, 0.5) is 9.93 Å². The molecule has 1 aromatic heterocycles. The topological polar surface area (TPSA) is 103 Å². The van der Waals surface area contributed by atoms with Crippen LogP contribution in [0, 0.1) is 5.92 Å². The molecule has 3 rings (SSSR count). The number of piperidine rings is 1. The molecule has 1 N–H and O–H groups in total. The Kier molecular flexibility index (Phi) is 6.17. The van der Waals surface area contributed by atoms with Crippen LogP contribution >= 0.6 is 11.3 Å². The van der Waals surface area contributed by atoms with Gasteiger partial charge in [0.2, 0.25) is 5.91 Å². The molecule has 2 saturated heterocycles. The van der Waals surface area contributed by atoms with Crippen molar-refractivity contribution in [1.82, 2.24) is 19.7 Å². The highest BCUT2D eigenvalue weighted by molar-refractivity contribution is 7.13. The summed E-state index contributed by atoms with van der Waals surface area (Å²) in [5, 5.41) is 5.13. The number of nitrogens with zero attached hydrogens (tertiary/aromatic N) is 4. The molecule has 27 heavy (non-hydrogen) atoms. The molecular weight excluding hydrogens is 370 g/mol. The van der Waals surface area contributed by atoms with Crippen molar-refractivity contribution in [2.45, 2.75) is 32.6 Å². The molecule has 0 saturated carbocycles. The lowest BCUT2D eigenvalue weighted by Crippen LogP contribution is -2.48. The Labute approximate surface area is 161 Å². The van der Waals surface area contributed by atoms with E-state index < -0.39 is 17.8 Å². The molecule has 2 fully saturated rings. The van der Waals surface area contributed by atoms with E-state index in [2.05, 4.69) is 10.3 Å². The minimum Gasteiger partial charge on any atom is -0.302 e. The second-order valence-corrected chi connectivity index (χ2v) is 7.60. The third kappa shape index (κ3) is 4.33. The Hall–Kier alpha value is -2.33. The van der Waals surface area contributed by atoms with E-state index >= 15 is 0 Å². The van der Waals surface area contributed by atoms with E-state index in [1.165, 1.54) is 11.3 Å². The van der Waals surface area contributed by atoms with E-state index in [1.54, 1.807) is 11.6 Å². The van der Waals surface area contributed by atoms with Crippen LogP contribution in [0.3, 0.4) is 0 Å². The van der Waals surface area contributed by atoms with Crippen LogP contribution < -0.4 is 5.32 Å². The van der Waals surface area contributed by atoms with Crippen molar-refractivity contribution in [3.63, 3.8) is 0 Å². The summed E-state index contributed by atoms with van der Waals surface area (Å²) in [4.78, 5) is 57.0. The number of rotatable bonds is 7. The smallest absolute Gasteiger partial charge is 0.302 e. The highest BCUT2D eigenvalue weighted by atomic mass is 32.1. The fourth-order valence-corrected chi connectivity index (χ4v) is 3.81. The van der Waals surface area contributed by atoms with Gasteiger partial charge < -0.3 is 5.32 Å². The lowest BCUT2D eigenvalue weighted by Gasteiger charge is -2.33. The van der Waals surface area contributed by atoms with Gasteiger partial charge in [-0.2, -0.15) is 0 Å². The molecule has 5 amide bonds. The Morgan fingerprint density at radius 1 is 1.30 bits per heavy atom. The van der Waals surface area contributed by atoms with Gasteiger partial charge in [-0.05, 0) is 25.8 Å². The third-order valence-corrected chi connectivity index (χ3v) is 5.44. The molecule has 146 valence electrons. The van der Waals surface area contributed by atoms with Gasteiger partial charge in [0, 0.05) is 24.7 Å². The highest BCUT2D eigenvalue weighted by Gasteiger charge is 2.45. The zero-order chi connectivity index (χ0) is 19.4. The number of carbonyl (C=O) groups is 4. The molecule has 1 atom stereocenters. The summed E-state index contributed by atoms with van der Waals surface area (Å²) in [7, 11) is 0. The summed E-state index contributed by atoms with van der Waals surface area (Å²) in [6.45, 7) is 3.34. The van der Waals surface area contributed by atoms with Crippen molar-refractivity contribution in [2.24, 2.45) is 5.92 Å². The Bertz CT molecular complexity index is 723. The zero-order valence-corrected chi connectivity index (χ0v) is 16.0. The van der Waals surface area contributed by atoms with Crippen molar-refractivity contribution < 1.29 is 19.2 Å². The summed E-state index contributed by atoms with van der Waals surface area (Å²) < 4.78 is 0. The quantitative estimate of drug-likeness (QED) is 0.554. The summed E-state index contributed by atoms with van der Waals surface area (Å²) in [6, 6.07) is -0.562. The van der Waals surface area contributed by atoms with Gasteiger partial charge in [0.05, 0.1) is 12.6 Å². The molecule has 9 nitrogen and oxygen atoms in total. The minimum absolute atomic E-state index is 0.0348. The van der Waals surface area contributed by atoms with Gasteiger partial charge in [0.1, 0.15) is 0 Å². The number of imide groups is 2. The fraction of sp³-hybridized carbons (Fsp3) is 0.588. The van der Waals surface area contributed by atoms with Gasteiger partial charge in [-0.25, -0.2) is 14.7 Å². The second kappa shape index (κ2) is 8.57. The van der Waals surface area contributed by atoms with Crippen molar-refractivity contribution in [1.29, 1.82) is 0 Å². The molecular formula is C17H23N5O4S. The molecule has 1 unspecified atom stereocenters. The van der Waals surface area contributed by atoms with Crippen LogP contribution in [0.2, 0.25) is 0 Å². The molecule has 0 aromatic carbocycles. The lowest BCUT2D eigenvalue weighted by atomic mass is 9.97. The number of likely N-dealkylation sites (tertiary alicyclic amines) is 1. The molecule has 3 heterocycles. The largest absolute Gasteiger partial charge is 0.335 e. The number of hydrogen-bond acceptors (Lipinski definition) is 7. The summed E-state index contributed by atoms with van der Waals surface area (Å²) in [5.41, 5.74) is 0. The predicted octanol–water partition coefficient (Wildman–Crippen LogP) is 1.34. The first-order valence-electron chi connectivity index (χ1n) is 9.11. The van der Waals surface area contributed by atoms with Gasteiger partial charge in [-0.1, -0.05) is 13.3 Å². The van der Waals surface area contributed by atoms with E-state index in [0.29, 0.717) is 24.6 Å². The molecule has 0 spiro atoms. The normalized spacial score (nSPS) is 21.2. The van der Waals surface area contributed by atoms with E-state index in [-0.39, 0.29) is 25.0 Å². The number of urea groups is 1. The van der Waals surface area contributed by atoms with Crippen LogP contribution in [-0.4, -0.2) is 69.7 Å². The molecule has 1 aromatic rings. The van der Waals surface area contributed by atoms with Crippen LogP contribution in [0.1, 0.15) is 32.6 Å². The maximum atomic E-state index is 12.4. The van der Waals surface area contributed by atoms with Crippen molar-refractivity contribution in [3.8, 4) is 0 Å². The van der Waals surface area contributed by atoms with Gasteiger partial charge in [-0.15, -0.1) is 11.3 Å². The van der Waals surface area contributed by atoms with Crippen LogP contribution in [0.15, 0.2) is 11.6 Å². The maximum absolute atomic E-state index is 12.4. The van der Waals surface area contributed by atoms with Crippen LogP contribution in [-0.2, 0) is 14.4 Å². The highest BCUT2D eigenvalue weighted by Crippen LogP contribution is 2.21. The fourth-order valence-electron chi connectivity index (χ4n) is 3.28. The second-order valence-electron chi connectivity index (χ2n) is 6.71. The Balaban J connectivity index is 1.58. The molecule has 0 aliphatic carbocycles. The van der Waals surface area contributed by atoms with Crippen LogP contribution in [0.25, 0.3) is 0 Å². The first-order valence-corrected chi connectivity index (χ1v) is 9.99. The average molecular weight is 393 g/mol. The zero-order valence-electron chi connectivity index (χ0n) is 15.2. The Morgan fingerprint density at radius 3 is 2.78 bits per heavy atom. The molecule has 2 aliphatic rings. The summed E-state index contributed by atoms with van der Waals surface area (Å²) in [6.07, 6.45) is 4.63. The van der Waals surface area contributed by atoms with E-state index in [1.807, 2.05) is 11.8 Å². The number of aromatic nitrogens is 1. The predicted molar refractivity (Wildman–Crippen MR) is 98.8 cm³/mol. The van der Waals surface area contributed by atoms with Gasteiger partial charge >= 0.3 is 17.8 Å². The van der Waals surface area contributed by atoms with Gasteiger partial charge in [0.15, 0.2) is 5.13 Å². The molecule has 0 radical (unpaired) electrons. The van der Waals surface area contributed by atoms with Crippen molar-refractivity contribution in [3.05, 3.63) is 11.6 Å². The summed E-state index contributed by atoms with van der Waals surface area (Å²) in [5.74, 6) is -1.91. The number of unbranched alkanes of at least 4 members (excludes halogenated alkanes) is 1. The number of anilines is 1. The molecule has 0 bridgehead atoms. The third-order valence-electron chi connectivity index (χ3n) is 4.75. The van der Waals surface area contributed by atoms with Crippen LogP contribution in [0.5, 0.6) is 0 Å². The van der Waals surface area contributed by atoms with Gasteiger partial charge in [-0.3, -0.25) is 24.2 Å². The Morgan fingerprint density at radius 2 is 2.07 bits per heavy atom. The maximum Gasteiger partial charge on any atom is 0.335 e. The van der Waals surface area contributed by atoms with Crippen molar-refractivity contribution >= 4 is 40.2 Å². The SMILES string of the molecule is CCCCN1C(=O)C(=O)N(CN2CCCC(C(=O)Nc3nccs3)C2)C1=O. The minimum atomic E-state index is -0.787. The van der Waals surface area contributed by atoms with Gasteiger partial charge in [0.25, 0.3) is 0 Å². The van der Waals surface area contributed by atoms with Crippen molar-refractivity contribution in [2.75, 3.05) is 31.6 Å². The van der Waals surface area contributed by atoms with E-state index in [0.717, 1.165) is 29.1 Å². The molecule has 10 heteroatoms. The van der Waals surface area contributed by atoms with E-state index in [9.17, 15) is 19.2 Å². The number of nitrogens with one attached hydrogen (secondary N) is 1. The molecule has 2 aliphatic heterocycles. The number of amides is 5.